The molecule has 2 rings (SSSR count). The lowest BCUT2D eigenvalue weighted by Crippen LogP contribution is -1.98. The number of thioether (sulfide) groups is 1. The van der Waals surface area contributed by atoms with E-state index in [0.717, 1.165) is 27.9 Å². The Bertz CT molecular complexity index is 513. The van der Waals surface area contributed by atoms with E-state index in [2.05, 4.69) is 18.8 Å². The standard InChI is InChI=1S/C14H17NOS/c1-3-10(2)17-14-12(9-16)8-11-6-4-5-7-13(11)15-14/h4-8,10,16H,3,9H2,1-2H3. The Morgan fingerprint density at radius 1 is 1.35 bits per heavy atom. The molecule has 0 amide bonds. The number of hydrogen-bond acceptors (Lipinski definition) is 3. The molecular formula is C14H17NOS. The minimum absolute atomic E-state index is 0.0522. The van der Waals surface area contributed by atoms with Crippen molar-refractivity contribution in [1.29, 1.82) is 0 Å². The molecule has 0 bridgehead atoms. The molecule has 1 N–H and O–H groups in total. The van der Waals surface area contributed by atoms with Crippen LogP contribution >= 0.6 is 11.8 Å². The largest absolute Gasteiger partial charge is 0.392 e. The first-order chi connectivity index (χ1) is 8.24. The van der Waals surface area contributed by atoms with Crippen LogP contribution in [0.3, 0.4) is 0 Å². The van der Waals surface area contributed by atoms with Gasteiger partial charge in [0.1, 0.15) is 5.03 Å². The molecule has 1 aromatic heterocycles. The van der Waals surface area contributed by atoms with E-state index in [1.807, 2.05) is 30.3 Å². The first-order valence-electron chi connectivity index (χ1n) is 5.90. The number of para-hydroxylation sites is 1. The molecule has 1 unspecified atom stereocenters. The van der Waals surface area contributed by atoms with Gasteiger partial charge in [-0.2, -0.15) is 0 Å². The van der Waals surface area contributed by atoms with Crippen LogP contribution in [0.15, 0.2) is 35.4 Å². The molecule has 0 saturated heterocycles. The molecule has 1 atom stereocenters. The Balaban J connectivity index is 2.45. The Hall–Kier alpha value is -1.06. The number of nitrogens with zero attached hydrogens (tertiary/aromatic N) is 1. The van der Waals surface area contributed by atoms with Gasteiger partial charge < -0.3 is 5.11 Å². The summed E-state index contributed by atoms with van der Waals surface area (Å²) in [5.74, 6) is 0. The van der Waals surface area contributed by atoms with Gasteiger partial charge in [-0.3, -0.25) is 0 Å². The maximum atomic E-state index is 9.41. The molecule has 0 aliphatic carbocycles. The summed E-state index contributed by atoms with van der Waals surface area (Å²) in [5.41, 5.74) is 1.92. The van der Waals surface area contributed by atoms with Crippen molar-refractivity contribution in [2.75, 3.05) is 0 Å². The van der Waals surface area contributed by atoms with Crippen molar-refractivity contribution in [3.63, 3.8) is 0 Å². The second kappa shape index (κ2) is 5.52. The average Bonchev–Trinajstić information content (AvgIpc) is 2.37. The highest BCUT2D eigenvalue weighted by Crippen LogP contribution is 2.29. The van der Waals surface area contributed by atoms with Crippen LogP contribution in [-0.2, 0) is 6.61 Å². The number of aliphatic hydroxyl groups excluding tert-OH is 1. The highest BCUT2D eigenvalue weighted by atomic mass is 32.2. The molecule has 0 aliphatic heterocycles. The molecule has 1 heterocycles. The third-order valence-electron chi connectivity index (χ3n) is 2.82. The second-order valence-electron chi connectivity index (χ2n) is 4.14. The fourth-order valence-electron chi connectivity index (χ4n) is 1.63. The topological polar surface area (TPSA) is 33.1 Å². The Morgan fingerprint density at radius 2 is 2.12 bits per heavy atom. The van der Waals surface area contributed by atoms with Gasteiger partial charge in [0.05, 0.1) is 12.1 Å². The fourth-order valence-corrected chi connectivity index (χ4v) is 2.60. The minimum atomic E-state index is 0.0522. The maximum Gasteiger partial charge on any atom is 0.102 e. The van der Waals surface area contributed by atoms with Crippen molar-refractivity contribution in [3.8, 4) is 0 Å². The van der Waals surface area contributed by atoms with Gasteiger partial charge in [-0.05, 0) is 18.6 Å². The molecule has 1 aromatic carbocycles. The number of rotatable bonds is 4. The predicted octanol–water partition coefficient (Wildman–Crippen LogP) is 3.62. The van der Waals surface area contributed by atoms with Gasteiger partial charge in [-0.1, -0.05) is 32.0 Å². The minimum Gasteiger partial charge on any atom is -0.392 e. The fraction of sp³-hybridized carbons (Fsp3) is 0.357. The SMILES string of the molecule is CCC(C)Sc1nc2ccccc2cc1CO. The second-order valence-corrected chi connectivity index (χ2v) is 5.57. The van der Waals surface area contributed by atoms with Crippen LogP contribution in [0.25, 0.3) is 10.9 Å². The lowest BCUT2D eigenvalue weighted by Gasteiger charge is -2.12. The zero-order valence-corrected chi connectivity index (χ0v) is 11.0. The van der Waals surface area contributed by atoms with E-state index in [9.17, 15) is 5.11 Å². The number of aliphatic hydroxyl groups is 1. The molecule has 3 heteroatoms. The average molecular weight is 247 g/mol. The molecular weight excluding hydrogens is 230 g/mol. The van der Waals surface area contributed by atoms with Gasteiger partial charge >= 0.3 is 0 Å². The third kappa shape index (κ3) is 2.79. The zero-order chi connectivity index (χ0) is 12.3. The van der Waals surface area contributed by atoms with Crippen LogP contribution in [0.5, 0.6) is 0 Å². The van der Waals surface area contributed by atoms with Crippen molar-refractivity contribution in [3.05, 3.63) is 35.9 Å². The highest BCUT2D eigenvalue weighted by Gasteiger charge is 2.09. The molecule has 0 spiro atoms. The van der Waals surface area contributed by atoms with Crippen LogP contribution in [0, 0.1) is 0 Å². The lowest BCUT2D eigenvalue weighted by atomic mass is 10.2. The summed E-state index contributed by atoms with van der Waals surface area (Å²) in [6.07, 6.45) is 1.10. The van der Waals surface area contributed by atoms with E-state index in [1.54, 1.807) is 11.8 Å². The Labute approximate surface area is 106 Å². The van der Waals surface area contributed by atoms with Gasteiger partial charge in [0.2, 0.25) is 0 Å². The summed E-state index contributed by atoms with van der Waals surface area (Å²) in [6.45, 7) is 4.40. The summed E-state index contributed by atoms with van der Waals surface area (Å²) in [5, 5.41) is 12.0. The molecule has 0 radical (unpaired) electrons. The molecule has 2 aromatic rings. The van der Waals surface area contributed by atoms with Crippen molar-refractivity contribution in [1.82, 2.24) is 4.98 Å². The zero-order valence-electron chi connectivity index (χ0n) is 10.2. The third-order valence-corrected chi connectivity index (χ3v) is 4.13. The van der Waals surface area contributed by atoms with Crippen molar-refractivity contribution >= 4 is 22.7 Å². The number of fused-ring (bicyclic) bond motifs is 1. The van der Waals surface area contributed by atoms with Gasteiger partial charge in [0.15, 0.2) is 0 Å². The maximum absolute atomic E-state index is 9.41. The highest BCUT2D eigenvalue weighted by molar-refractivity contribution is 7.99. The summed E-state index contributed by atoms with van der Waals surface area (Å²) < 4.78 is 0. The van der Waals surface area contributed by atoms with E-state index in [4.69, 9.17) is 0 Å². The van der Waals surface area contributed by atoms with Gasteiger partial charge in [-0.15, -0.1) is 11.8 Å². The Morgan fingerprint density at radius 3 is 2.82 bits per heavy atom. The first kappa shape index (κ1) is 12.4. The smallest absolute Gasteiger partial charge is 0.102 e. The van der Waals surface area contributed by atoms with E-state index < -0.39 is 0 Å². The molecule has 2 nitrogen and oxygen atoms in total. The summed E-state index contributed by atoms with van der Waals surface area (Å²) >= 11 is 1.74. The van der Waals surface area contributed by atoms with E-state index in [1.165, 1.54) is 0 Å². The number of aromatic nitrogens is 1. The van der Waals surface area contributed by atoms with Crippen LogP contribution < -0.4 is 0 Å². The molecule has 17 heavy (non-hydrogen) atoms. The van der Waals surface area contributed by atoms with Gasteiger partial charge in [0.25, 0.3) is 0 Å². The first-order valence-corrected chi connectivity index (χ1v) is 6.78. The van der Waals surface area contributed by atoms with Crippen LogP contribution in [0.2, 0.25) is 0 Å². The van der Waals surface area contributed by atoms with Crippen molar-refractivity contribution < 1.29 is 5.11 Å². The van der Waals surface area contributed by atoms with E-state index in [-0.39, 0.29) is 6.61 Å². The summed E-state index contributed by atoms with van der Waals surface area (Å²) in [6, 6.07) is 10.1. The van der Waals surface area contributed by atoms with Crippen LogP contribution in [0.1, 0.15) is 25.8 Å². The summed E-state index contributed by atoms with van der Waals surface area (Å²) in [4.78, 5) is 4.64. The van der Waals surface area contributed by atoms with Crippen molar-refractivity contribution in [2.24, 2.45) is 0 Å². The monoisotopic (exact) mass is 247 g/mol. The van der Waals surface area contributed by atoms with Gasteiger partial charge in [-0.25, -0.2) is 4.98 Å². The predicted molar refractivity (Wildman–Crippen MR) is 73.3 cm³/mol. The van der Waals surface area contributed by atoms with Crippen LogP contribution in [0.4, 0.5) is 0 Å². The normalized spacial score (nSPS) is 12.9. The van der Waals surface area contributed by atoms with E-state index in [0.29, 0.717) is 5.25 Å². The van der Waals surface area contributed by atoms with Crippen molar-refractivity contribution in [2.45, 2.75) is 37.2 Å². The van der Waals surface area contributed by atoms with Gasteiger partial charge in [0, 0.05) is 16.2 Å². The summed E-state index contributed by atoms with van der Waals surface area (Å²) in [7, 11) is 0. The number of benzene rings is 1. The molecule has 0 fully saturated rings. The quantitative estimate of drug-likeness (QED) is 0.838. The lowest BCUT2D eigenvalue weighted by molar-refractivity contribution is 0.278. The van der Waals surface area contributed by atoms with E-state index >= 15 is 0 Å². The van der Waals surface area contributed by atoms with Crippen LogP contribution in [-0.4, -0.2) is 15.3 Å². The molecule has 90 valence electrons. The molecule has 0 aliphatic rings. The number of hydrogen-bond donors (Lipinski definition) is 1. The number of pyridine rings is 1. The Kier molecular flexibility index (Phi) is 4.02. The molecule has 0 saturated carbocycles.